The molecule has 2 heteroatoms. The van der Waals surface area contributed by atoms with Crippen LogP contribution in [-0.4, -0.2) is 4.98 Å². The van der Waals surface area contributed by atoms with E-state index in [1.54, 1.807) is 0 Å². The standard InChI is InChI=1S/C50H28N2/c51-29-30-12-14-31(15-13-30)37-24-27-42-44(28-37)39-8-1-2-9-40(39)48-43-10-3-4-11-45(43)52-50(49(42)48)36-20-16-32(17-21-36)38-25-22-35-19-18-33-6-5-7-34-23-26-41(38)47(35)46(33)34/h1-28H. The third kappa shape index (κ3) is 4.14. The van der Waals surface area contributed by atoms with Crippen molar-refractivity contribution in [2.24, 2.45) is 0 Å². The molecule has 52 heavy (non-hydrogen) atoms. The molecule has 0 aliphatic rings. The number of benzene rings is 10. The third-order valence-electron chi connectivity index (χ3n) is 11.0. The number of nitrogens with zero attached hydrogens (tertiary/aromatic N) is 2. The summed E-state index contributed by atoms with van der Waals surface area (Å²) >= 11 is 0. The van der Waals surface area contributed by atoms with Crippen molar-refractivity contribution >= 4 is 75.5 Å². The average molecular weight is 657 g/mol. The quantitative estimate of drug-likeness (QED) is 0.177. The summed E-state index contributed by atoms with van der Waals surface area (Å²) in [6, 6.07) is 63.3. The van der Waals surface area contributed by atoms with Gasteiger partial charge in [-0.1, -0.05) is 146 Å². The Morgan fingerprint density at radius 1 is 0.365 bits per heavy atom. The smallest absolute Gasteiger partial charge is 0.0991 e. The van der Waals surface area contributed by atoms with E-state index in [1.807, 2.05) is 24.3 Å². The monoisotopic (exact) mass is 656 g/mol. The Morgan fingerprint density at radius 3 is 1.75 bits per heavy atom. The third-order valence-corrected chi connectivity index (χ3v) is 11.0. The van der Waals surface area contributed by atoms with E-state index in [0.717, 1.165) is 38.7 Å². The van der Waals surface area contributed by atoms with Crippen molar-refractivity contribution < 1.29 is 0 Å². The molecule has 238 valence electrons. The van der Waals surface area contributed by atoms with Crippen molar-refractivity contribution in [3.63, 3.8) is 0 Å². The lowest BCUT2D eigenvalue weighted by atomic mass is 9.88. The fraction of sp³-hybridized carbons (Fsp3) is 0. The fourth-order valence-corrected chi connectivity index (χ4v) is 8.60. The average Bonchev–Trinajstić information content (AvgIpc) is 3.22. The Morgan fingerprint density at radius 2 is 0.962 bits per heavy atom. The number of aromatic nitrogens is 1. The molecule has 0 saturated heterocycles. The van der Waals surface area contributed by atoms with Gasteiger partial charge in [0.15, 0.2) is 0 Å². The molecular formula is C50H28N2. The number of nitriles is 1. The highest BCUT2D eigenvalue weighted by Gasteiger charge is 2.19. The number of hydrogen-bond donors (Lipinski definition) is 0. The normalized spacial score (nSPS) is 11.8. The summed E-state index contributed by atoms with van der Waals surface area (Å²) in [6.07, 6.45) is 0. The first-order chi connectivity index (χ1) is 25.7. The van der Waals surface area contributed by atoms with Crippen molar-refractivity contribution in [2.45, 2.75) is 0 Å². The highest BCUT2D eigenvalue weighted by molar-refractivity contribution is 6.34. The molecule has 0 N–H and O–H groups in total. The second kappa shape index (κ2) is 11.0. The summed E-state index contributed by atoms with van der Waals surface area (Å²) in [5.74, 6) is 0. The molecule has 2 nitrogen and oxygen atoms in total. The largest absolute Gasteiger partial charge is 0.247 e. The van der Waals surface area contributed by atoms with Gasteiger partial charge in [-0.25, -0.2) is 4.98 Å². The second-order valence-electron chi connectivity index (χ2n) is 13.8. The number of para-hydroxylation sites is 1. The van der Waals surface area contributed by atoms with Gasteiger partial charge in [-0.3, -0.25) is 0 Å². The lowest BCUT2D eigenvalue weighted by Crippen LogP contribution is -1.93. The van der Waals surface area contributed by atoms with E-state index in [0.29, 0.717) is 5.56 Å². The van der Waals surface area contributed by atoms with Crippen molar-refractivity contribution in [3.05, 3.63) is 175 Å². The van der Waals surface area contributed by atoms with Crippen LogP contribution < -0.4 is 0 Å². The van der Waals surface area contributed by atoms with Gasteiger partial charge in [-0.2, -0.15) is 5.26 Å². The SMILES string of the molecule is N#Cc1ccc(-c2ccc3c(c2)c2ccccc2c2c4ccccc4nc(-c4ccc(-c5ccc6ccc7cccc8ccc5c6c78)cc4)c32)cc1. The van der Waals surface area contributed by atoms with Crippen LogP contribution in [0, 0.1) is 11.3 Å². The van der Waals surface area contributed by atoms with Gasteiger partial charge in [0.25, 0.3) is 0 Å². The minimum atomic E-state index is 0.661. The maximum absolute atomic E-state index is 9.37. The molecule has 11 aromatic rings. The molecule has 0 aliphatic heterocycles. The van der Waals surface area contributed by atoms with Crippen LogP contribution in [0.3, 0.4) is 0 Å². The van der Waals surface area contributed by atoms with Crippen LogP contribution in [0.1, 0.15) is 5.56 Å². The molecule has 10 aromatic carbocycles. The van der Waals surface area contributed by atoms with Crippen LogP contribution >= 0.6 is 0 Å². The molecule has 0 fully saturated rings. The van der Waals surface area contributed by atoms with Gasteiger partial charge in [0.05, 0.1) is 22.8 Å². The zero-order chi connectivity index (χ0) is 34.3. The number of pyridine rings is 1. The molecule has 0 bridgehead atoms. The van der Waals surface area contributed by atoms with Crippen molar-refractivity contribution in [1.82, 2.24) is 4.98 Å². The highest BCUT2D eigenvalue weighted by atomic mass is 14.7. The first-order valence-electron chi connectivity index (χ1n) is 17.7. The lowest BCUT2D eigenvalue weighted by Gasteiger charge is -2.17. The molecule has 1 aromatic heterocycles. The zero-order valence-electron chi connectivity index (χ0n) is 28.1. The first-order valence-corrected chi connectivity index (χ1v) is 17.7. The molecule has 0 aliphatic carbocycles. The number of rotatable bonds is 3. The summed E-state index contributed by atoms with van der Waals surface area (Å²) in [7, 11) is 0. The Labute approximate surface area is 299 Å². The minimum Gasteiger partial charge on any atom is -0.247 e. The van der Waals surface area contributed by atoms with Crippen LogP contribution in [0.15, 0.2) is 170 Å². The predicted molar refractivity (Wildman–Crippen MR) is 219 cm³/mol. The number of hydrogen-bond acceptors (Lipinski definition) is 2. The minimum absolute atomic E-state index is 0.661. The summed E-state index contributed by atoms with van der Waals surface area (Å²) < 4.78 is 0. The lowest BCUT2D eigenvalue weighted by molar-refractivity contribution is 1.43. The number of fused-ring (bicyclic) bond motifs is 8. The first kappa shape index (κ1) is 28.7. The van der Waals surface area contributed by atoms with Gasteiger partial charge >= 0.3 is 0 Å². The maximum atomic E-state index is 9.37. The van der Waals surface area contributed by atoms with Crippen LogP contribution in [0.4, 0.5) is 0 Å². The van der Waals surface area contributed by atoms with E-state index in [-0.39, 0.29) is 0 Å². The molecule has 0 unspecified atom stereocenters. The molecule has 0 spiro atoms. The zero-order valence-corrected chi connectivity index (χ0v) is 28.1. The van der Waals surface area contributed by atoms with Crippen molar-refractivity contribution in [2.75, 3.05) is 0 Å². The maximum Gasteiger partial charge on any atom is 0.0991 e. The van der Waals surface area contributed by atoms with Gasteiger partial charge < -0.3 is 0 Å². The predicted octanol–water partition coefficient (Wildman–Crippen LogP) is 13.5. The van der Waals surface area contributed by atoms with Gasteiger partial charge in [-0.05, 0) is 100 Å². The van der Waals surface area contributed by atoms with Gasteiger partial charge in [0.1, 0.15) is 0 Å². The van der Waals surface area contributed by atoms with Crippen molar-refractivity contribution in [3.8, 4) is 39.6 Å². The van der Waals surface area contributed by atoms with Gasteiger partial charge in [0, 0.05) is 21.7 Å². The Kier molecular flexibility index (Phi) is 6.05. The molecule has 1 heterocycles. The van der Waals surface area contributed by atoms with Crippen LogP contribution in [0.25, 0.3) is 109 Å². The Bertz CT molecular complexity index is 3260. The molecular weight excluding hydrogens is 629 g/mol. The summed E-state index contributed by atoms with van der Waals surface area (Å²) in [5, 5.41) is 25.5. The van der Waals surface area contributed by atoms with E-state index in [4.69, 9.17) is 4.98 Å². The van der Waals surface area contributed by atoms with Gasteiger partial charge in [0.2, 0.25) is 0 Å². The summed E-state index contributed by atoms with van der Waals surface area (Å²) in [6.45, 7) is 0. The van der Waals surface area contributed by atoms with E-state index in [9.17, 15) is 5.26 Å². The van der Waals surface area contributed by atoms with E-state index < -0.39 is 0 Å². The Hall–Kier alpha value is -7.08. The van der Waals surface area contributed by atoms with Crippen molar-refractivity contribution in [1.29, 1.82) is 5.26 Å². The molecule has 0 amide bonds. The van der Waals surface area contributed by atoms with E-state index in [1.165, 1.54) is 70.4 Å². The topological polar surface area (TPSA) is 36.7 Å². The molecule has 0 radical (unpaired) electrons. The summed E-state index contributed by atoms with van der Waals surface area (Å²) in [5.41, 5.74) is 8.35. The Balaban J connectivity index is 1.15. The van der Waals surface area contributed by atoms with E-state index >= 15 is 0 Å². The highest BCUT2D eigenvalue weighted by Crippen LogP contribution is 2.45. The molecule has 0 atom stereocenters. The summed E-state index contributed by atoms with van der Waals surface area (Å²) in [4.78, 5) is 5.41. The molecule has 11 rings (SSSR count). The van der Waals surface area contributed by atoms with Crippen LogP contribution in [0.5, 0.6) is 0 Å². The fourth-order valence-electron chi connectivity index (χ4n) is 8.60. The second-order valence-corrected chi connectivity index (χ2v) is 13.8. The van der Waals surface area contributed by atoms with Crippen LogP contribution in [-0.2, 0) is 0 Å². The van der Waals surface area contributed by atoms with Gasteiger partial charge in [-0.15, -0.1) is 0 Å². The van der Waals surface area contributed by atoms with Crippen LogP contribution in [0.2, 0.25) is 0 Å². The van der Waals surface area contributed by atoms with E-state index in [2.05, 4.69) is 152 Å². The molecule has 0 saturated carbocycles.